The number of hydrogen-bond acceptors (Lipinski definition) is 4. The van der Waals surface area contributed by atoms with Gasteiger partial charge in [0.15, 0.2) is 0 Å². The maximum Gasteiger partial charge on any atom is 0.0594 e. The Balaban J connectivity index is 1.46. The minimum absolute atomic E-state index is 0.556. The third kappa shape index (κ3) is 2.73. The van der Waals surface area contributed by atoms with Crippen molar-refractivity contribution in [1.29, 1.82) is 0 Å². The smallest absolute Gasteiger partial charge is 0.0594 e. The first kappa shape index (κ1) is 13.7. The fourth-order valence-corrected chi connectivity index (χ4v) is 4.09. The van der Waals surface area contributed by atoms with E-state index in [-0.39, 0.29) is 0 Å². The van der Waals surface area contributed by atoms with Crippen LogP contribution in [0.15, 0.2) is 24.3 Å². The van der Waals surface area contributed by atoms with Gasteiger partial charge in [-0.25, -0.2) is 0 Å². The maximum absolute atomic E-state index is 5.48. The molecule has 1 N–H and O–H groups in total. The van der Waals surface area contributed by atoms with Gasteiger partial charge in [-0.1, -0.05) is 24.3 Å². The zero-order valence-corrected chi connectivity index (χ0v) is 12.6. The highest BCUT2D eigenvalue weighted by molar-refractivity contribution is 5.32. The van der Waals surface area contributed by atoms with E-state index in [1.165, 1.54) is 25.1 Å². The summed E-state index contributed by atoms with van der Waals surface area (Å²) in [5.74, 6) is 0. The summed E-state index contributed by atoms with van der Waals surface area (Å²) in [7, 11) is 0. The van der Waals surface area contributed by atoms with Crippen molar-refractivity contribution in [2.75, 3.05) is 45.9 Å². The monoisotopic (exact) mass is 287 g/mol. The summed E-state index contributed by atoms with van der Waals surface area (Å²) in [5, 5.41) is 3.59. The molecule has 0 radical (unpaired) electrons. The van der Waals surface area contributed by atoms with E-state index in [0.717, 1.165) is 45.4 Å². The highest BCUT2D eigenvalue weighted by Crippen LogP contribution is 2.31. The van der Waals surface area contributed by atoms with Crippen LogP contribution in [0.2, 0.25) is 0 Å². The quantitative estimate of drug-likeness (QED) is 0.886. The molecular formula is C17H25N3O. The van der Waals surface area contributed by atoms with Gasteiger partial charge in [-0.15, -0.1) is 0 Å². The molecular weight excluding hydrogens is 262 g/mol. The Morgan fingerprint density at radius 1 is 1.05 bits per heavy atom. The van der Waals surface area contributed by atoms with Crippen molar-refractivity contribution in [2.45, 2.75) is 25.0 Å². The van der Waals surface area contributed by atoms with Crippen molar-refractivity contribution in [1.82, 2.24) is 15.1 Å². The fraction of sp³-hybridized carbons (Fsp3) is 0.647. The minimum Gasteiger partial charge on any atom is -0.379 e. The van der Waals surface area contributed by atoms with Gasteiger partial charge in [0.05, 0.1) is 13.2 Å². The van der Waals surface area contributed by atoms with E-state index in [2.05, 4.69) is 39.4 Å². The second kappa shape index (κ2) is 6.05. The molecule has 0 bridgehead atoms. The van der Waals surface area contributed by atoms with Crippen LogP contribution in [0, 0.1) is 0 Å². The molecule has 0 saturated carbocycles. The zero-order valence-electron chi connectivity index (χ0n) is 12.6. The third-order valence-electron chi connectivity index (χ3n) is 5.26. The summed E-state index contributed by atoms with van der Waals surface area (Å²) >= 11 is 0. The molecule has 4 heteroatoms. The summed E-state index contributed by atoms with van der Waals surface area (Å²) in [6.07, 6.45) is 1.30. The molecule has 2 saturated heterocycles. The van der Waals surface area contributed by atoms with Gasteiger partial charge in [0.2, 0.25) is 0 Å². The van der Waals surface area contributed by atoms with Crippen LogP contribution in [0.3, 0.4) is 0 Å². The average Bonchev–Trinajstić information content (AvgIpc) is 3.05. The van der Waals surface area contributed by atoms with Crippen LogP contribution in [0.1, 0.15) is 23.6 Å². The van der Waals surface area contributed by atoms with Crippen molar-refractivity contribution in [2.24, 2.45) is 0 Å². The number of rotatable bonds is 2. The third-order valence-corrected chi connectivity index (χ3v) is 5.26. The molecule has 114 valence electrons. The van der Waals surface area contributed by atoms with E-state index in [1.807, 2.05) is 0 Å². The number of ether oxygens (including phenoxy) is 1. The highest BCUT2D eigenvalue weighted by atomic mass is 16.5. The van der Waals surface area contributed by atoms with E-state index in [0.29, 0.717) is 6.04 Å². The Labute approximate surface area is 127 Å². The molecule has 2 unspecified atom stereocenters. The molecule has 2 fully saturated rings. The molecule has 0 spiro atoms. The Bertz CT molecular complexity index is 487. The Morgan fingerprint density at radius 3 is 2.81 bits per heavy atom. The predicted octanol–water partition coefficient (Wildman–Crippen LogP) is 1.24. The van der Waals surface area contributed by atoms with Crippen molar-refractivity contribution >= 4 is 0 Å². The molecule has 1 aromatic rings. The lowest BCUT2D eigenvalue weighted by Crippen LogP contribution is -2.46. The van der Waals surface area contributed by atoms with Crippen molar-refractivity contribution < 1.29 is 4.74 Å². The number of likely N-dealkylation sites (tertiary alicyclic amines) is 1. The summed E-state index contributed by atoms with van der Waals surface area (Å²) in [6.45, 7) is 8.58. The standard InChI is InChI=1S/C17H25N3O/c1-2-4-16-14(3-1)11-18-12-17(16)20-6-5-15(13-20)19-7-9-21-10-8-19/h1-4,15,17-18H,5-13H2. The molecule has 0 aliphatic carbocycles. The van der Waals surface area contributed by atoms with Gasteiger partial charge in [0, 0.05) is 51.4 Å². The van der Waals surface area contributed by atoms with Gasteiger partial charge < -0.3 is 10.1 Å². The van der Waals surface area contributed by atoms with Crippen LogP contribution in [-0.2, 0) is 11.3 Å². The van der Waals surface area contributed by atoms with Gasteiger partial charge in [-0.2, -0.15) is 0 Å². The van der Waals surface area contributed by atoms with Gasteiger partial charge in [-0.05, 0) is 17.5 Å². The van der Waals surface area contributed by atoms with E-state index < -0.39 is 0 Å². The number of morpholine rings is 1. The molecule has 4 nitrogen and oxygen atoms in total. The van der Waals surface area contributed by atoms with E-state index in [1.54, 1.807) is 5.56 Å². The largest absolute Gasteiger partial charge is 0.379 e. The fourth-order valence-electron chi connectivity index (χ4n) is 4.09. The number of fused-ring (bicyclic) bond motifs is 1. The molecule has 21 heavy (non-hydrogen) atoms. The number of nitrogens with one attached hydrogen (secondary N) is 1. The van der Waals surface area contributed by atoms with Gasteiger partial charge in [0.25, 0.3) is 0 Å². The molecule has 1 aromatic carbocycles. The molecule has 2 atom stereocenters. The summed E-state index contributed by atoms with van der Waals surface area (Å²) in [4.78, 5) is 5.32. The normalized spacial score (nSPS) is 31.2. The highest BCUT2D eigenvalue weighted by Gasteiger charge is 2.34. The van der Waals surface area contributed by atoms with Gasteiger partial charge in [-0.3, -0.25) is 9.80 Å². The lowest BCUT2D eigenvalue weighted by Gasteiger charge is -2.35. The van der Waals surface area contributed by atoms with Crippen LogP contribution in [0.4, 0.5) is 0 Å². The van der Waals surface area contributed by atoms with Gasteiger partial charge >= 0.3 is 0 Å². The topological polar surface area (TPSA) is 27.7 Å². The molecule has 3 heterocycles. The summed E-state index contributed by atoms with van der Waals surface area (Å²) in [6, 6.07) is 10.2. The van der Waals surface area contributed by atoms with Crippen LogP contribution in [0.25, 0.3) is 0 Å². The Hall–Kier alpha value is -0.940. The second-order valence-electron chi connectivity index (χ2n) is 6.43. The predicted molar refractivity (Wildman–Crippen MR) is 83.3 cm³/mol. The van der Waals surface area contributed by atoms with Crippen LogP contribution in [0.5, 0.6) is 0 Å². The van der Waals surface area contributed by atoms with Crippen molar-refractivity contribution in [3.05, 3.63) is 35.4 Å². The van der Waals surface area contributed by atoms with Crippen molar-refractivity contribution in [3.8, 4) is 0 Å². The first-order valence-corrected chi connectivity index (χ1v) is 8.26. The second-order valence-corrected chi connectivity index (χ2v) is 6.43. The summed E-state index contributed by atoms with van der Waals surface area (Å²) in [5.41, 5.74) is 3.02. The van der Waals surface area contributed by atoms with E-state index >= 15 is 0 Å². The van der Waals surface area contributed by atoms with E-state index in [9.17, 15) is 0 Å². The lowest BCUT2D eigenvalue weighted by molar-refractivity contribution is 0.0175. The SMILES string of the molecule is c1ccc2c(c1)CNCC2N1CCC(N2CCOCC2)C1. The molecule has 4 rings (SSSR count). The van der Waals surface area contributed by atoms with Crippen molar-refractivity contribution in [3.63, 3.8) is 0 Å². The van der Waals surface area contributed by atoms with Crippen LogP contribution < -0.4 is 5.32 Å². The van der Waals surface area contributed by atoms with Crippen LogP contribution >= 0.6 is 0 Å². The Kier molecular flexibility index (Phi) is 3.95. The Morgan fingerprint density at radius 2 is 1.90 bits per heavy atom. The van der Waals surface area contributed by atoms with Crippen LogP contribution in [-0.4, -0.2) is 61.8 Å². The molecule has 0 aromatic heterocycles. The minimum atomic E-state index is 0.556. The summed E-state index contributed by atoms with van der Waals surface area (Å²) < 4.78 is 5.48. The number of hydrogen-bond donors (Lipinski definition) is 1. The number of nitrogens with zero attached hydrogens (tertiary/aromatic N) is 2. The molecule has 0 amide bonds. The maximum atomic E-state index is 5.48. The van der Waals surface area contributed by atoms with Gasteiger partial charge in [0.1, 0.15) is 0 Å². The zero-order chi connectivity index (χ0) is 14.1. The average molecular weight is 287 g/mol. The first-order valence-electron chi connectivity index (χ1n) is 8.26. The first-order chi connectivity index (χ1) is 10.4. The molecule has 3 aliphatic heterocycles. The lowest BCUT2D eigenvalue weighted by atomic mass is 9.96. The molecule has 3 aliphatic rings. The van der Waals surface area contributed by atoms with E-state index in [4.69, 9.17) is 4.74 Å². The number of benzene rings is 1.